The summed E-state index contributed by atoms with van der Waals surface area (Å²) in [6.45, 7) is 1.04. The minimum atomic E-state index is -4.41. The molecule has 2 fully saturated rings. The lowest BCUT2D eigenvalue weighted by molar-refractivity contribution is -0.137. The number of anilines is 1. The first-order valence-corrected chi connectivity index (χ1v) is 10.1. The molecule has 12 heteroatoms. The second-order valence-corrected chi connectivity index (χ2v) is 8.16. The Kier molecular flexibility index (Phi) is 5.70. The van der Waals surface area contributed by atoms with Crippen LogP contribution < -0.4 is 15.5 Å². The second kappa shape index (κ2) is 8.32. The summed E-state index contributed by atoms with van der Waals surface area (Å²) in [5.41, 5.74) is -0.677. The third-order valence-electron chi connectivity index (χ3n) is 5.88. The van der Waals surface area contributed by atoms with E-state index in [0.29, 0.717) is 31.7 Å². The lowest BCUT2D eigenvalue weighted by Gasteiger charge is -2.45. The summed E-state index contributed by atoms with van der Waals surface area (Å²) in [7, 11) is 1.46. The van der Waals surface area contributed by atoms with Gasteiger partial charge in [-0.1, -0.05) is 5.16 Å². The van der Waals surface area contributed by atoms with Gasteiger partial charge in [-0.25, -0.2) is 9.78 Å². The maximum Gasteiger partial charge on any atom is 0.416 e. The molecule has 1 aliphatic heterocycles. The zero-order valence-electron chi connectivity index (χ0n) is 17.2. The molecule has 0 aromatic carbocycles. The SMILES string of the molecule is CNC(=O)c1cc(COC(=O)NC2CC3(CCN(c4cc(C(F)(F)F)ccn4)C3)C2)on1. The number of pyridine rings is 1. The molecular weight excluding hydrogens is 431 g/mol. The lowest BCUT2D eigenvalue weighted by atomic mass is 9.65. The van der Waals surface area contributed by atoms with Crippen molar-refractivity contribution < 1.29 is 32.0 Å². The van der Waals surface area contributed by atoms with Gasteiger partial charge in [0.25, 0.3) is 5.91 Å². The quantitative estimate of drug-likeness (QED) is 0.716. The predicted molar refractivity (Wildman–Crippen MR) is 105 cm³/mol. The van der Waals surface area contributed by atoms with Crippen LogP contribution in [0.1, 0.15) is 41.1 Å². The van der Waals surface area contributed by atoms with Gasteiger partial charge in [0, 0.05) is 38.4 Å². The van der Waals surface area contributed by atoms with Crippen LogP contribution in [0.25, 0.3) is 0 Å². The predicted octanol–water partition coefficient (Wildman–Crippen LogP) is 2.73. The van der Waals surface area contributed by atoms with E-state index in [0.717, 1.165) is 18.6 Å². The molecule has 1 saturated carbocycles. The first-order valence-electron chi connectivity index (χ1n) is 10.1. The number of alkyl carbamates (subject to hydrolysis) is 1. The van der Waals surface area contributed by atoms with Crippen molar-refractivity contribution in [1.82, 2.24) is 20.8 Å². The maximum absolute atomic E-state index is 13.0. The molecule has 2 N–H and O–H groups in total. The molecule has 2 aromatic heterocycles. The maximum atomic E-state index is 13.0. The molecule has 32 heavy (non-hydrogen) atoms. The number of ether oxygens (including phenoxy) is 1. The van der Waals surface area contributed by atoms with Crippen LogP contribution in [0.3, 0.4) is 0 Å². The Hall–Kier alpha value is -3.31. The summed E-state index contributed by atoms with van der Waals surface area (Å²) in [5, 5.41) is 8.77. The Morgan fingerprint density at radius 1 is 1.34 bits per heavy atom. The number of aromatic nitrogens is 2. The van der Waals surface area contributed by atoms with E-state index in [2.05, 4.69) is 20.8 Å². The number of rotatable bonds is 5. The van der Waals surface area contributed by atoms with E-state index in [-0.39, 0.29) is 29.5 Å². The van der Waals surface area contributed by atoms with Gasteiger partial charge in [0.05, 0.1) is 5.56 Å². The fourth-order valence-electron chi connectivity index (χ4n) is 4.28. The molecule has 1 spiro atoms. The Bertz CT molecular complexity index is 1000. The summed E-state index contributed by atoms with van der Waals surface area (Å²) in [4.78, 5) is 29.4. The van der Waals surface area contributed by atoms with E-state index in [4.69, 9.17) is 9.26 Å². The Morgan fingerprint density at radius 2 is 2.12 bits per heavy atom. The number of hydrogen-bond acceptors (Lipinski definition) is 7. The number of nitrogens with one attached hydrogen (secondary N) is 2. The number of halogens is 3. The molecule has 2 aromatic rings. The summed E-state index contributed by atoms with van der Waals surface area (Å²) >= 11 is 0. The highest BCUT2D eigenvalue weighted by molar-refractivity contribution is 5.91. The Labute approximate surface area is 181 Å². The summed E-state index contributed by atoms with van der Waals surface area (Å²) in [6, 6.07) is 3.35. The molecule has 0 atom stereocenters. The van der Waals surface area contributed by atoms with Gasteiger partial charge in [-0.3, -0.25) is 4.79 Å². The third-order valence-corrected chi connectivity index (χ3v) is 5.88. The van der Waals surface area contributed by atoms with Gasteiger partial charge >= 0.3 is 12.3 Å². The average Bonchev–Trinajstić information content (AvgIpc) is 3.39. The van der Waals surface area contributed by atoms with Crippen molar-refractivity contribution in [2.24, 2.45) is 5.41 Å². The molecule has 0 unspecified atom stereocenters. The molecule has 2 aliphatic rings. The molecule has 0 bridgehead atoms. The first kappa shape index (κ1) is 21.9. The van der Waals surface area contributed by atoms with Crippen LogP contribution in [0.15, 0.2) is 28.9 Å². The lowest BCUT2D eigenvalue weighted by Crippen LogP contribution is -2.52. The van der Waals surface area contributed by atoms with Crippen LogP contribution in [0.4, 0.5) is 23.8 Å². The number of nitrogens with zero attached hydrogens (tertiary/aromatic N) is 3. The molecule has 9 nitrogen and oxygen atoms in total. The highest BCUT2D eigenvalue weighted by Crippen LogP contribution is 2.49. The number of alkyl halides is 3. The normalized spacial score (nSPS) is 22.5. The second-order valence-electron chi connectivity index (χ2n) is 8.16. The topological polar surface area (TPSA) is 110 Å². The Morgan fingerprint density at radius 3 is 2.84 bits per heavy atom. The smallest absolute Gasteiger partial charge is 0.416 e. The number of amides is 2. The number of carbonyl (C=O) groups is 2. The summed E-state index contributed by atoms with van der Waals surface area (Å²) in [6.07, 6.45) is -1.61. The van der Waals surface area contributed by atoms with Crippen molar-refractivity contribution in [3.8, 4) is 0 Å². The molecule has 0 radical (unpaired) electrons. The van der Waals surface area contributed by atoms with Gasteiger partial charge in [-0.2, -0.15) is 13.2 Å². The van der Waals surface area contributed by atoms with Crippen LogP contribution in [0, 0.1) is 5.41 Å². The Balaban J connectivity index is 1.23. The fraction of sp³-hybridized carbons (Fsp3) is 0.500. The first-order chi connectivity index (χ1) is 15.2. The zero-order valence-corrected chi connectivity index (χ0v) is 17.2. The largest absolute Gasteiger partial charge is 0.441 e. The van der Waals surface area contributed by atoms with Crippen LogP contribution in [-0.4, -0.2) is 48.3 Å². The van der Waals surface area contributed by atoms with Crippen LogP contribution >= 0.6 is 0 Å². The van der Waals surface area contributed by atoms with Gasteiger partial charge < -0.3 is 24.8 Å². The monoisotopic (exact) mass is 453 g/mol. The van der Waals surface area contributed by atoms with Gasteiger partial charge in [0.1, 0.15) is 5.82 Å². The van der Waals surface area contributed by atoms with E-state index in [9.17, 15) is 22.8 Å². The van der Waals surface area contributed by atoms with Crippen molar-refractivity contribution in [3.63, 3.8) is 0 Å². The molecule has 172 valence electrons. The van der Waals surface area contributed by atoms with Crippen molar-refractivity contribution in [3.05, 3.63) is 41.4 Å². The van der Waals surface area contributed by atoms with E-state index >= 15 is 0 Å². The zero-order chi connectivity index (χ0) is 22.9. The molecule has 1 aliphatic carbocycles. The fourth-order valence-corrected chi connectivity index (χ4v) is 4.28. The number of hydrogen-bond donors (Lipinski definition) is 2. The van der Waals surface area contributed by atoms with Crippen molar-refractivity contribution in [2.75, 3.05) is 25.0 Å². The minimum absolute atomic E-state index is 0.0544. The van der Waals surface area contributed by atoms with Crippen LogP contribution in [0.2, 0.25) is 0 Å². The van der Waals surface area contributed by atoms with E-state index in [1.54, 1.807) is 0 Å². The van der Waals surface area contributed by atoms with Gasteiger partial charge in [0.15, 0.2) is 18.1 Å². The van der Waals surface area contributed by atoms with E-state index in [1.165, 1.54) is 19.3 Å². The average molecular weight is 453 g/mol. The molecule has 1 saturated heterocycles. The van der Waals surface area contributed by atoms with Crippen molar-refractivity contribution >= 4 is 17.8 Å². The van der Waals surface area contributed by atoms with E-state index in [1.807, 2.05) is 4.90 Å². The molecule has 2 amide bonds. The van der Waals surface area contributed by atoms with Gasteiger partial charge in [-0.05, 0) is 36.8 Å². The third kappa shape index (κ3) is 4.63. The molecule has 3 heterocycles. The molecular formula is C20H22F3N5O4. The number of carbonyl (C=O) groups excluding carboxylic acids is 2. The minimum Gasteiger partial charge on any atom is -0.441 e. The summed E-state index contributed by atoms with van der Waals surface area (Å²) in [5.74, 6) is 0.148. The van der Waals surface area contributed by atoms with Gasteiger partial charge in [0.2, 0.25) is 0 Å². The van der Waals surface area contributed by atoms with Crippen molar-refractivity contribution in [2.45, 2.75) is 38.1 Å². The highest BCUT2D eigenvalue weighted by atomic mass is 19.4. The van der Waals surface area contributed by atoms with Crippen LogP contribution in [-0.2, 0) is 17.5 Å². The van der Waals surface area contributed by atoms with Crippen LogP contribution in [0.5, 0.6) is 0 Å². The van der Waals surface area contributed by atoms with Crippen molar-refractivity contribution in [1.29, 1.82) is 0 Å². The highest BCUT2D eigenvalue weighted by Gasteiger charge is 2.49. The summed E-state index contributed by atoms with van der Waals surface area (Å²) < 4.78 is 48.9. The standard InChI is InChI=1S/C20H22F3N5O4/c1-24-17(29)15-7-14(32-27-15)10-31-18(30)26-13-8-19(9-13)3-5-28(11-19)16-6-12(2-4-25-16)20(21,22)23/h2,4,6-7,13H,3,5,8-11H2,1H3,(H,24,29)(H,26,30). The van der Waals surface area contributed by atoms with E-state index < -0.39 is 23.7 Å². The molecule has 4 rings (SSSR count). The van der Waals surface area contributed by atoms with Gasteiger partial charge in [-0.15, -0.1) is 0 Å².